The number of anilines is 2. The predicted molar refractivity (Wildman–Crippen MR) is 100 cm³/mol. The van der Waals surface area contributed by atoms with Gasteiger partial charge in [-0.15, -0.1) is 0 Å². The Morgan fingerprint density at radius 1 is 1.16 bits per heavy atom. The van der Waals surface area contributed by atoms with Crippen molar-refractivity contribution in [3.05, 3.63) is 41.2 Å². The van der Waals surface area contributed by atoms with E-state index in [-0.39, 0.29) is 5.91 Å². The molecule has 2 heterocycles. The van der Waals surface area contributed by atoms with E-state index < -0.39 is 0 Å². The lowest BCUT2D eigenvalue weighted by Gasteiger charge is -2.38. The van der Waals surface area contributed by atoms with Crippen molar-refractivity contribution in [2.45, 2.75) is 33.1 Å². The van der Waals surface area contributed by atoms with E-state index in [1.807, 2.05) is 36.5 Å². The van der Waals surface area contributed by atoms with Gasteiger partial charge in [0, 0.05) is 37.9 Å². The van der Waals surface area contributed by atoms with Crippen LogP contribution in [0.2, 0.25) is 0 Å². The zero-order valence-corrected chi connectivity index (χ0v) is 15.3. The number of para-hydroxylation sites is 2. The summed E-state index contributed by atoms with van der Waals surface area (Å²) in [5, 5.41) is 4.44. The molecule has 0 bridgehead atoms. The van der Waals surface area contributed by atoms with Gasteiger partial charge in [-0.1, -0.05) is 12.1 Å². The Hall–Kier alpha value is -2.30. The van der Waals surface area contributed by atoms with Gasteiger partial charge in [0.15, 0.2) is 0 Å². The van der Waals surface area contributed by atoms with Crippen LogP contribution in [-0.4, -0.2) is 35.3 Å². The molecule has 25 heavy (non-hydrogen) atoms. The molecular weight excluding hydrogens is 312 g/mol. The van der Waals surface area contributed by atoms with E-state index in [0.29, 0.717) is 6.42 Å². The second-order valence-corrected chi connectivity index (χ2v) is 7.37. The van der Waals surface area contributed by atoms with Gasteiger partial charge in [-0.25, -0.2) is 0 Å². The van der Waals surface area contributed by atoms with E-state index in [1.54, 1.807) is 0 Å². The Kier molecular flexibility index (Phi) is 4.02. The van der Waals surface area contributed by atoms with E-state index in [0.717, 1.165) is 48.2 Å². The van der Waals surface area contributed by atoms with Crippen molar-refractivity contribution in [1.82, 2.24) is 9.78 Å². The van der Waals surface area contributed by atoms with E-state index in [1.165, 1.54) is 18.5 Å². The predicted octanol–water partition coefficient (Wildman–Crippen LogP) is 2.84. The third kappa shape index (κ3) is 3.03. The van der Waals surface area contributed by atoms with Crippen molar-refractivity contribution in [3.63, 3.8) is 0 Å². The topological polar surface area (TPSA) is 41.4 Å². The van der Waals surface area contributed by atoms with E-state index in [2.05, 4.69) is 28.2 Å². The van der Waals surface area contributed by atoms with Crippen LogP contribution in [0.5, 0.6) is 0 Å². The van der Waals surface area contributed by atoms with Crippen LogP contribution in [0.4, 0.5) is 11.4 Å². The molecule has 2 aromatic rings. The maximum Gasteiger partial charge on any atom is 0.231 e. The summed E-state index contributed by atoms with van der Waals surface area (Å²) in [6.45, 7) is 6.83. The third-order valence-electron chi connectivity index (χ3n) is 5.57. The standard InChI is InChI=1S/C20H26N4O/c1-14-17(15(2)22(3)21-14)12-20(25)24-11-10-23(13-16-8-9-16)18-6-4-5-7-19(18)24/h4-7,16H,8-13H2,1-3H3. The smallest absolute Gasteiger partial charge is 0.231 e. The minimum Gasteiger partial charge on any atom is -0.368 e. The van der Waals surface area contributed by atoms with E-state index in [9.17, 15) is 4.79 Å². The van der Waals surface area contributed by atoms with Gasteiger partial charge in [0.1, 0.15) is 0 Å². The zero-order chi connectivity index (χ0) is 17.6. The molecule has 5 heteroatoms. The molecule has 0 radical (unpaired) electrons. The summed E-state index contributed by atoms with van der Waals surface area (Å²) in [5.74, 6) is 1.01. The molecule has 0 unspecified atom stereocenters. The fourth-order valence-electron chi connectivity index (χ4n) is 3.80. The number of rotatable bonds is 4. The highest BCUT2D eigenvalue weighted by Crippen LogP contribution is 2.37. The number of carbonyl (C=O) groups excluding carboxylic acids is 1. The minimum atomic E-state index is 0.165. The maximum atomic E-state index is 13.1. The van der Waals surface area contributed by atoms with Gasteiger partial charge in [0.05, 0.1) is 23.5 Å². The quantitative estimate of drug-likeness (QED) is 0.861. The lowest BCUT2D eigenvalue weighted by Crippen LogP contribution is -2.45. The SMILES string of the molecule is Cc1nn(C)c(C)c1CC(=O)N1CCN(CC2CC2)c2ccccc21. The van der Waals surface area contributed by atoms with E-state index >= 15 is 0 Å². The number of hydrogen-bond donors (Lipinski definition) is 0. The van der Waals surface area contributed by atoms with Gasteiger partial charge in [-0.05, 0) is 44.7 Å². The Morgan fingerprint density at radius 2 is 1.88 bits per heavy atom. The Balaban J connectivity index is 1.58. The number of fused-ring (bicyclic) bond motifs is 1. The summed E-state index contributed by atoms with van der Waals surface area (Å²) < 4.78 is 1.86. The van der Waals surface area contributed by atoms with Crippen molar-refractivity contribution < 1.29 is 4.79 Å². The molecule has 0 N–H and O–H groups in total. The summed E-state index contributed by atoms with van der Waals surface area (Å²) >= 11 is 0. The average molecular weight is 338 g/mol. The Bertz CT molecular complexity index is 806. The van der Waals surface area contributed by atoms with Crippen LogP contribution in [0, 0.1) is 19.8 Å². The molecule has 5 nitrogen and oxygen atoms in total. The first kappa shape index (κ1) is 16.2. The van der Waals surface area contributed by atoms with Crippen molar-refractivity contribution in [1.29, 1.82) is 0 Å². The zero-order valence-electron chi connectivity index (χ0n) is 15.3. The summed E-state index contributed by atoms with van der Waals surface area (Å²) in [6.07, 6.45) is 3.12. The van der Waals surface area contributed by atoms with Crippen LogP contribution in [0.15, 0.2) is 24.3 Å². The van der Waals surface area contributed by atoms with Crippen LogP contribution in [0.3, 0.4) is 0 Å². The monoisotopic (exact) mass is 338 g/mol. The number of amides is 1. The fourth-order valence-corrected chi connectivity index (χ4v) is 3.80. The highest BCUT2D eigenvalue weighted by Gasteiger charge is 2.31. The average Bonchev–Trinajstić information content (AvgIpc) is 3.39. The number of carbonyl (C=O) groups is 1. The molecule has 1 aliphatic carbocycles. The number of hydrogen-bond acceptors (Lipinski definition) is 3. The van der Waals surface area contributed by atoms with Crippen molar-refractivity contribution >= 4 is 17.3 Å². The lowest BCUT2D eigenvalue weighted by atomic mass is 10.1. The maximum absolute atomic E-state index is 13.1. The number of aryl methyl sites for hydroxylation is 2. The molecule has 0 atom stereocenters. The molecular formula is C20H26N4O. The summed E-state index contributed by atoms with van der Waals surface area (Å²) in [4.78, 5) is 17.5. The van der Waals surface area contributed by atoms with Gasteiger partial charge >= 0.3 is 0 Å². The fraction of sp³-hybridized carbons (Fsp3) is 0.500. The van der Waals surface area contributed by atoms with Gasteiger partial charge in [-0.3, -0.25) is 9.48 Å². The molecule has 4 rings (SSSR count). The minimum absolute atomic E-state index is 0.165. The molecule has 1 fully saturated rings. The van der Waals surface area contributed by atoms with Crippen LogP contribution < -0.4 is 9.80 Å². The molecule has 1 saturated carbocycles. The molecule has 1 aromatic heterocycles. The van der Waals surface area contributed by atoms with Gasteiger partial charge in [0.2, 0.25) is 5.91 Å². The highest BCUT2D eigenvalue weighted by atomic mass is 16.2. The molecule has 0 spiro atoms. The van der Waals surface area contributed by atoms with Gasteiger partial charge < -0.3 is 9.80 Å². The van der Waals surface area contributed by atoms with Crippen LogP contribution in [0.25, 0.3) is 0 Å². The summed E-state index contributed by atoms with van der Waals surface area (Å²) in [6, 6.07) is 8.33. The second-order valence-electron chi connectivity index (χ2n) is 7.37. The first-order valence-corrected chi connectivity index (χ1v) is 9.18. The number of aromatic nitrogens is 2. The third-order valence-corrected chi connectivity index (χ3v) is 5.57. The van der Waals surface area contributed by atoms with E-state index in [4.69, 9.17) is 0 Å². The summed E-state index contributed by atoms with van der Waals surface area (Å²) in [7, 11) is 1.93. The molecule has 1 aromatic carbocycles. The number of nitrogens with zero attached hydrogens (tertiary/aromatic N) is 4. The Labute approximate surface area is 149 Å². The van der Waals surface area contributed by atoms with Crippen molar-refractivity contribution in [2.75, 3.05) is 29.4 Å². The van der Waals surface area contributed by atoms with Crippen LogP contribution in [-0.2, 0) is 18.3 Å². The van der Waals surface area contributed by atoms with Crippen LogP contribution in [0.1, 0.15) is 29.8 Å². The highest BCUT2D eigenvalue weighted by molar-refractivity contribution is 5.99. The largest absolute Gasteiger partial charge is 0.368 e. The van der Waals surface area contributed by atoms with Gasteiger partial charge in [0.25, 0.3) is 0 Å². The molecule has 1 aliphatic heterocycles. The second kappa shape index (κ2) is 6.21. The Morgan fingerprint density at radius 3 is 2.52 bits per heavy atom. The summed E-state index contributed by atoms with van der Waals surface area (Å²) in [5.41, 5.74) is 5.35. The molecule has 0 saturated heterocycles. The first-order valence-electron chi connectivity index (χ1n) is 9.18. The lowest BCUT2D eigenvalue weighted by molar-refractivity contribution is -0.118. The molecule has 132 valence electrons. The van der Waals surface area contributed by atoms with Gasteiger partial charge in [-0.2, -0.15) is 5.10 Å². The van der Waals surface area contributed by atoms with Crippen molar-refractivity contribution in [2.24, 2.45) is 13.0 Å². The molecule has 1 amide bonds. The van der Waals surface area contributed by atoms with Crippen molar-refractivity contribution in [3.8, 4) is 0 Å². The molecule has 2 aliphatic rings. The number of benzene rings is 1. The normalized spacial score (nSPS) is 16.9. The van der Waals surface area contributed by atoms with Crippen LogP contribution >= 0.6 is 0 Å². The first-order chi connectivity index (χ1) is 12.0.